The molecular weight excluding hydrogens is 157 g/mol. The first-order chi connectivity index (χ1) is 5.72. The number of rotatable bonds is 3. The highest BCUT2D eigenvalue weighted by Crippen LogP contribution is 2.05. The van der Waals surface area contributed by atoms with Crippen LogP contribution in [-0.4, -0.2) is 16.0 Å². The Bertz CT molecular complexity index is 250. The van der Waals surface area contributed by atoms with E-state index in [0.29, 0.717) is 17.6 Å². The monoisotopic (exact) mass is 169 g/mol. The molecule has 12 heavy (non-hydrogen) atoms. The quantitative estimate of drug-likeness (QED) is 0.749. The lowest BCUT2D eigenvalue weighted by Gasteiger charge is -2.08. The van der Waals surface area contributed by atoms with E-state index in [4.69, 9.17) is 0 Å². The van der Waals surface area contributed by atoms with Gasteiger partial charge >= 0.3 is 0 Å². The maximum absolute atomic E-state index is 12.1. The molecule has 0 saturated heterocycles. The van der Waals surface area contributed by atoms with Crippen molar-refractivity contribution in [3.8, 4) is 0 Å². The van der Waals surface area contributed by atoms with Crippen LogP contribution in [0.2, 0.25) is 0 Å². The average Bonchev–Trinajstić information content (AvgIpc) is 2.03. The van der Waals surface area contributed by atoms with Gasteiger partial charge in [0.25, 0.3) is 0 Å². The van der Waals surface area contributed by atoms with Gasteiger partial charge in [-0.05, 0) is 13.8 Å². The minimum atomic E-state index is -0.546. The molecule has 0 radical (unpaired) electrons. The second kappa shape index (κ2) is 3.99. The van der Waals surface area contributed by atoms with Gasteiger partial charge in [-0.3, -0.25) is 0 Å². The highest BCUT2D eigenvalue weighted by molar-refractivity contribution is 5.35. The molecule has 0 spiro atoms. The summed E-state index contributed by atoms with van der Waals surface area (Å²) < 4.78 is 12.1. The van der Waals surface area contributed by atoms with Crippen LogP contribution in [0, 0.1) is 0 Å². The highest BCUT2D eigenvalue weighted by Gasteiger charge is 1.98. The molecule has 0 aliphatic heterocycles. The summed E-state index contributed by atoms with van der Waals surface area (Å²) >= 11 is 0. The van der Waals surface area contributed by atoms with Gasteiger partial charge < -0.3 is 5.32 Å². The molecular formula is C8H12FN3. The third kappa shape index (κ3) is 2.45. The molecule has 0 fully saturated rings. The summed E-state index contributed by atoms with van der Waals surface area (Å²) in [7, 11) is 0. The Morgan fingerprint density at radius 1 is 1.50 bits per heavy atom. The SMILES string of the molecule is CC(C)Nc1cc(CF)ncn1. The lowest BCUT2D eigenvalue weighted by atomic mass is 10.3. The van der Waals surface area contributed by atoms with Gasteiger partial charge in [0.05, 0.1) is 5.69 Å². The van der Waals surface area contributed by atoms with Crippen LogP contribution in [0.3, 0.4) is 0 Å². The third-order valence-corrected chi connectivity index (χ3v) is 1.30. The maximum Gasteiger partial charge on any atom is 0.132 e. The average molecular weight is 169 g/mol. The number of hydrogen-bond acceptors (Lipinski definition) is 3. The smallest absolute Gasteiger partial charge is 0.132 e. The zero-order chi connectivity index (χ0) is 8.97. The van der Waals surface area contributed by atoms with Crippen LogP contribution in [0.15, 0.2) is 12.4 Å². The summed E-state index contributed by atoms with van der Waals surface area (Å²) in [5, 5.41) is 3.06. The van der Waals surface area contributed by atoms with Crippen molar-refractivity contribution in [1.29, 1.82) is 0 Å². The van der Waals surface area contributed by atoms with Crippen molar-refractivity contribution in [3.63, 3.8) is 0 Å². The van der Waals surface area contributed by atoms with E-state index in [1.807, 2.05) is 13.8 Å². The Morgan fingerprint density at radius 3 is 2.83 bits per heavy atom. The summed E-state index contributed by atoms with van der Waals surface area (Å²) in [4.78, 5) is 7.68. The minimum absolute atomic E-state index is 0.298. The zero-order valence-corrected chi connectivity index (χ0v) is 7.21. The van der Waals surface area contributed by atoms with Crippen LogP contribution in [0.4, 0.5) is 10.2 Å². The maximum atomic E-state index is 12.1. The first-order valence-corrected chi connectivity index (χ1v) is 3.86. The predicted octanol–water partition coefficient (Wildman–Crippen LogP) is 1.77. The second-order valence-corrected chi connectivity index (χ2v) is 2.83. The predicted molar refractivity (Wildman–Crippen MR) is 45.6 cm³/mol. The normalized spacial score (nSPS) is 10.3. The van der Waals surface area contributed by atoms with Crippen molar-refractivity contribution in [2.75, 3.05) is 5.32 Å². The number of hydrogen-bond donors (Lipinski definition) is 1. The van der Waals surface area contributed by atoms with Crippen LogP contribution >= 0.6 is 0 Å². The molecule has 0 bridgehead atoms. The van der Waals surface area contributed by atoms with Gasteiger partial charge in [-0.2, -0.15) is 0 Å². The number of nitrogens with one attached hydrogen (secondary N) is 1. The zero-order valence-electron chi connectivity index (χ0n) is 7.21. The Labute approximate surface area is 71.0 Å². The fourth-order valence-electron chi connectivity index (χ4n) is 0.845. The summed E-state index contributed by atoms with van der Waals surface area (Å²) in [6.45, 7) is 3.45. The molecule has 1 N–H and O–H groups in total. The molecule has 1 heterocycles. The molecule has 0 unspecified atom stereocenters. The third-order valence-electron chi connectivity index (χ3n) is 1.30. The van der Waals surface area contributed by atoms with E-state index in [1.54, 1.807) is 6.07 Å². The van der Waals surface area contributed by atoms with E-state index in [1.165, 1.54) is 6.33 Å². The summed E-state index contributed by atoms with van der Waals surface area (Å²) in [5.74, 6) is 0.674. The van der Waals surface area contributed by atoms with Crippen LogP contribution in [0.1, 0.15) is 19.5 Å². The fraction of sp³-hybridized carbons (Fsp3) is 0.500. The van der Waals surface area contributed by atoms with Crippen LogP contribution in [0.25, 0.3) is 0 Å². The van der Waals surface area contributed by atoms with Gasteiger partial charge in [-0.25, -0.2) is 14.4 Å². The van der Waals surface area contributed by atoms with Crippen molar-refractivity contribution in [2.45, 2.75) is 26.6 Å². The summed E-state index contributed by atoms with van der Waals surface area (Å²) in [5.41, 5.74) is 0.410. The number of halogens is 1. The molecule has 0 aliphatic carbocycles. The minimum Gasteiger partial charge on any atom is -0.368 e. The Kier molecular flexibility index (Phi) is 2.96. The number of aromatic nitrogens is 2. The van der Waals surface area contributed by atoms with Crippen LogP contribution in [-0.2, 0) is 6.67 Å². The Hall–Kier alpha value is -1.19. The number of alkyl halides is 1. The van der Waals surface area contributed by atoms with Gasteiger partial charge in [0, 0.05) is 12.1 Å². The van der Waals surface area contributed by atoms with Crippen molar-refractivity contribution >= 4 is 5.82 Å². The summed E-state index contributed by atoms with van der Waals surface area (Å²) in [6, 6.07) is 1.91. The second-order valence-electron chi connectivity index (χ2n) is 2.83. The topological polar surface area (TPSA) is 37.8 Å². The highest BCUT2D eigenvalue weighted by atomic mass is 19.1. The molecule has 1 rings (SSSR count). The molecule has 66 valence electrons. The Morgan fingerprint density at radius 2 is 2.25 bits per heavy atom. The van der Waals surface area contributed by atoms with Crippen molar-refractivity contribution < 1.29 is 4.39 Å². The first-order valence-electron chi connectivity index (χ1n) is 3.86. The molecule has 0 amide bonds. The van der Waals surface area contributed by atoms with E-state index in [0.717, 1.165) is 0 Å². The van der Waals surface area contributed by atoms with E-state index in [-0.39, 0.29) is 0 Å². The lowest BCUT2D eigenvalue weighted by Crippen LogP contribution is -2.11. The number of anilines is 1. The van der Waals surface area contributed by atoms with Gasteiger partial charge in [-0.15, -0.1) is 0 Å². The molecule has 0 aliphatic rings. The van der Waals surface area contributed by atoms with Gasteiger partial charge in [0.15, 0.2) is 0 Å². The van der Waals surface area contributed by atoms with Crippen LogP contribution in [0.5, 0.6) is 0 Å². The molecule has 0 atom stereocenters. The standard InChI is InChI=1S/C8H12FN3/c1-6(2)12-8-3-7(4-9)10-5-11-8/h3,5-6H,4H2,1-2H3,(H,10,11,12). The van der Waals surface area contributed by atoms with Crippen molar-refractivity contribution in [2.24, 2.45) is 0 Å². The lowest BCUT2D eigenvalue weighted by molar-refractivity contribution is 0.475. The van der Waals surface area contributed by atoms with Gasteiger partial charge in [0.1, 0.15) is 18.8 Å². The molecule has 3 nitrogen and oxygen atoms in total. The molecule has 1 aromatic rings. The molecule has 4 heteroatoms. The van der Waals surface area contributed by atoms with Gasteiger partial charge in [0.2, 0.25) is 0 Å². The fourth-order valence-corrected chi connectivity index (χ4v) is 0.845. The van der Waals surface area contributed by atoms with Crippen LogP contribution < -0.4 is 5.32 Å². The summed E-state index contributed by atoms with van der Waals surface area (Å²) in [6.07, 6.45) is 1.36. The van der Waals surface area contributed by atoms with E-state index in [9.17, 15) is 4.39 Å². The largest absolute Gasteiger partial charge is 0.368 e. The Balaban J connectivity index is 2.72. The van der Waals surface area contributed by atoms with Gasteiger partial charge in [-0.1, -0.05) is 0 Å². The number of nitrogens with zero attached hydrogens (tertiary/aromatic N) is 2. The van der Waals surface area contributed by atoms with E-state index in [2.05, 4.69) is 15.3 Å². The first kappa shape index (κ1) is 8.90. The van der Waals surface area contributed by atoms with Crippen molar-refractivity contribution in [1.82, 2.24) is 9.97 Å². The van der Waals surface area contributed by atoms with Crippen molar-refractivity contribution in [3.05, 3.63) is 18.1 Å². The molecule has 0 aromatic carbocycles. The van der Waals surface area contributed by atoms with E-state index < -0.39 is 6.67 Å². The molecule has 1 aromatic heterocycles. The van der Waals surface area contributed by atoms with E-state index >= 15 is 0 Å². The molecule has 0 saturated carbocycles.